The Hall–Kier alpha value is -1.72. The standard InChI is InChI=1S/C26H35ClN2O3/c1-15(19-13-28-21-8-7-20(27)24(23(19)21)32-18-5-6-18)9-22(30)29-16(2)10-25(3)11-17(29)12-26(4,31)14-25/h7-8,13,15-18,28,31H,5-6,9-12,14H2,1-4H3. The van der Waals surface area contributed by atoms with Crippen LogP contribution in [0.25, 0.3) is 10.9 Å². The van der Waals surface area contributed by atoms with E-state index in [-0.39, 0.29) is 35.4 Å². The summed E-state index contributed by atoms with van der Waals surface area (Å²) >= 11 is 6.52. The van der Waals surface area contributed by atoms with Crippen molar-refractivity contribution in [3.63, 3.8) is 0 Å². The van der Waals surface area contributed by atoms with E-state index < -0.39 is 5.60 Å². The number of aromatic nitrogens is 1. The molecule has 6 heteroatoms. The predicted octanol–water partition coefficient (Wildman–Crippen LogP) is 5.79. The fraction of sp³-hybridized carbons (Fsp3) is 0.654. The average molecular weight is 459 g/mol. The summed E-state index contributed by atoms with van der Waals surface area (Å²) in [5, 5.41) is 12.5. The van der Waals surface area contributed by atoms with E-state index in [1.165, 1.54) is 0 Å². The molecule has 5 unspecified atom stereocenters. The van der Waals surface area contributed by atoms with Crippen molar-refractivity contribution in [3.05, 3.63) is 28.9 Å². The van der Waals surface area contributed by atoms with Crippen molar-refractivity contribution >= 4 is 28.4 Å². The van der Waals surface area contributed by atoms with Crippen LogP contribution in [0.1, 0.15) is 84.1 Å². The van der Waals surface area contributed by atoms with Crippen LogP contribution in [0.5, 0.6) is 5.75 Å². The molecule has 1 amide bonds. The summed E-state index contributed by atoms with van der Waals surface area (Å²) < 4.78 is 6.17. The smallest absolute Gasteiger partial charge is 0.223 e. The van der Waals surface area contributed by atoms with Gasteiger partial charge in [0.2, 0.25) is 5.91 Å². The number of carbonyl (C=O) groups excluding carboxylic acids is 1. The topological polar surface area (TPSA) is 65.6 Å². The molecule has 2 bridgehead atoms. The molecule has 0 spiro atoms. The fourth-order valence-corrected chi connectivity index (χ4v) is 6.91. The van der Waals surface area contributed by atoms with Gasteiger partial charge >= 0.3 is 0 Å². The first-order valence-electron chi connectivity index (χ1n) is 12.0. The van der Waals surface area contributed by atoms with Crippen molar-refractivity contribution in [2.75, 3.05) is 0 Å². The quantitative estimate of drug-likeness (QED) is 0.596. The number of piperidine rings is 1. The van der Waals surface area contributed by atoms with E-state index in [1.807, 2.05) is 25.3 Å². The number of hydrogen-bond donors (Lipinski definition) is 2. The molecule has 32 heavy (non-hydrogen) atoms. The van der Waals surface area contributed by atoms with Gasteiger partial charge in [-0.3, -0.25) is 4.79 Å². The molecule has 5 atom stereocenters. The molecule has 2 saturated carbocycles. The van der Waals surface area contributed by atoms with Gasteiger partial charge in [0.25, 0.3) is 0 Å². The minimum Gasteiger partial charge on any atom is -0.488 e. The van der Waals surface area contributed by atoms with Crippen LogP contribution in [-0.4, -0.2) is 44.7 Å². The first kappa shape index (κ1) is 22.1. The zero-order valence-corrected chi connectivity index (χ0v) is 20.3. The summed E-state index contributed by atoms with van der Waals surface area (Å²) in [6.07, 6.45) is 8.23. The number of hydrogen-bond acceptors (Lipinski definition) is 3. The van der Waals surface area contributed by atoms with Crippen molar-refractivity contribution < 1.29 is 14.6 Å². The normalized spacial score (nSPS) is 33.4. The van der Waals surface area contributed by atoms with Gasteiger partial charge in [-0.1, -0.05) is 25.4 Å². The molecule has 2 heterocycles. The van der Waals surface area contributed by atoms with Crippen molar-refractivity contribution in [1.82, 2.24) is 9.88 Å². The first-order chi connectivity index (χ1) is 15.1. The summed E-state index contributed by atoms with van der Waals surface area (Å²) in [6, 6.07) is 4.16. The highest BCUT2D eigenvalue weighted by Crippen LogP contribution is 2.50. The third-order valence-corrected chi connectivity index (χ3v) is 8.06. The van der Waals surface area contributed by atoms with Crippen molar-refractivity contribution in [1.29, 1.82) is 0 Å². The van der Waals surface area contributed by atoms with Gasteiger partial charge in [0.15, 0.2) is 0 Å². The largest absolute Gasteiger partial charge is 0.488 e. The Labute approximate surface area is 195 Å². The summed E-state index contributed by atoms with van der Waals surface area (Å²) in [7, 11) is 0. The van der Waals surface area contributed by atoms with E-state index in [9.17, 15) is 9.90 Å². The SMILES string of the molecule is CC(CC(=O)N1C(C)CC2(C)CC1CC(C)(O)C2)c1c[nH]c2ccc(Cl)c(OC3CC3)c12. The van der Waals surface area contributed by atoms with Gasteiger partial charge in [-0.15, -0.1) is 0 Å². The van der Waals surface area contributed by atoms with Gasteiger partial charge in [-0.2, -0.15) is 0 Å². The molecule has 2 aliphatic carbocycles. The van der Waals surface area contributed by atoms with E-state index in [4.69, 9.17) is 16.3 Å². The number of carbonyl (C=O) groups is 1. The molecule has 1 aliphatic heterocycles. The van der Waals surface area contributed by atoms with Crippen LogP contribution in [0.3, 0.4) is 0 Å². The highest BCUT2D eigenvalue weighted by atomic mass is 35.5. The Morgan fingerprint density at radius 3 is 2.78 bits per heavy atom. The number of likely N-dealkylation sites (tertiary alicyclic amines) is 1. The maximum Gasteiger partial charge on any atom is 0.223 e. The second kappa shape index (κ2) is 7.66. The van der Waals surface area contributed by atoms with Crippen LogP contribution in [0.2, 0.25) is 5.02 Å². The zero-order valence-electron chi connectivity index (χ0n) is 19.6. The van der Waals surface area contributed by atoms with Crippen molar-refractivity contribution in [3.8, 4) is 5.75 Å². The fourth-order valence-electron chi connectivity index (χ4n) is 6.71. The predicted molar refractivity (Wildman–Crippen MR) is 127 cm³/mol. The summed E-state index contributed by atoms with van der Waals surface area (Å²) in [5.74, 6) is 0.948. The number of amides is 1. The van der Waals surface area contributed by atoms with Gasteiger partial charge in [0.05, 0.1) is 16.7 Å². The molecule has 1 aromatic heterocycles. The number of fused-ring (bicyclic) bond motifs is 3. The van der Waals surface area contributed by atoms with E-state index in [0.717, 1.165) is 54.3 Å². The molecule has 3 aliphatic rings. The lowest BCUT2D eigenvalue weighted by atomic mass is 9.61. The molecule has 2 aromatic rings. The number of nitrogens with one attached hydrogen (secondary N) is 1. The number of rotatable bonds is 5. The molecule has 174 valence electrons. The molecule has 1 aromatic carbocycles. The Morgan fingerprint density at radius 1 is 1.31 bits per heavy atom. The van der Waals surface area contributed by atoms with Gasteiger partial charge in [-0.05, 0) is 81.4 Å². The maximum absolute atomic E-state index is 13.6. The van der Waals surface area contributed by atoms with E-state index in [2.05, 4.69) is 30.7 Å². The van der Waals surface area contributed by atoms with Crippen LogP contribution < -0.4 is 4.74 Å². The number of H-pyrrole nitrogens is 1. The highest BCUT2D eigenvalue weighted by molar-refractivity contribution is 6.33. The van der Waals surface area contributed by atoms with Gasteiger partial charge in [-0.25, -0.2) is 0 Å². The molecule has 2 N–H and O–H groups in total. The van der Waals surface area contributed by atoms with Crippen molar-refractivity contribution in [2.24, 2.45) is 5.41 Å². The molecule has 1 saturated heterocycles. The molecular formula is C26H35ClN2O3. The van der Waals surface area contributed by atoms with E-state index in [0.29, 0.717) is 17.9 Å². The lowest BCUT2D eigenvalue weighted by molar-refractivity contribution is -0.154. The Kier molecular flexibility index (Phi) is 5.29. The molecule has 0 radical (unpaired) electrons. The number of aliphatic hydroxyl groups is 1. The Morgan fingerprint density at radius 2 is 2.06 bits per heavy atom. The number of halogens is 1. The zero-order chi connectivity index (χ0) is 22.8. The number of benzene rings is 1. The first-order valence-corrected chi connectivity index (χ1v) is 12.4. The summed E-state index contributed by atoms with van der Waals surface area (Å²) in [5.41, 5.74) is 1.47. The highest BCUT2D eigenvalue weighted by Gasteiger charge is 2.50. The van der Waals surface area contributed by atoms with Gasteiger partial charge in [0, 0.05) is 35.6 Å². The second-order valence-electron chi connectivity index (χ2n) is 11.4. The average Bonchev–Trinajstić information content (AvgIpc) is 3.37. The minimum atomic E-state index is -0.704. The van der Waals surface area contributed by atoms with Crippen LogP contribution in [-0.2, 0) is 4.79 Å². The monoisotopic (exact) mass is 458 g/mol. The van der Waals surface area contributed by atoms with Crippen LogP contribution in [0.4, 0.5) is 0 Å². The third kappa shape index (κ3) is 4.03. The second-order valence-corrected chi connectivity index (χ2v) is 11.8. The van der Waals surface area contributed by atoms with E-state index >= 15 is 0 Å². The molecule has 3 fully saturated rings. The van der Waals surface area contributed by atoms with Crippen LogP contribution in [0.15, 0.2) is 18.3 Å². The number of nitrogens with zero attached hydrogens (tertiary/aromatic N) is 1. The van der Waals surface area contributed by atoms with Crippen LogP contribution >= 0.6 is 11.6 Å². The lowest BCUT2D eigenvalue weighted by Gasteiger charge is -2.56. The summed E-state index contributed by atoms with van der Waals surface area (Å²) in [4.78, 5) is 19.0. The number of aromatic amines is 1. The maximum atomic E-state index is 13.6. The van der Waals surface area contributed by atoms with E-state index in [1.54, 1.807) is 0 Å². The van der Waals surface area contributed by atoms with Gasteiger partial charge < -0.3 is 19.7 Å². The minimum absolute atomic E-state index is 0.0286. The van der Waals surface area contributed by atoms with Crippen molar-refractivity contribution in [2.45, 2.75) is 102 Å². The molecular weight excluding hydrogens is 424 g/mol. The Bertz CT molecular complexity index is 1040. The van der Waals surface area contributed by atoms with Gasteiger partial charge in [0.1, 0.15) is 5.75 Å². The Balaban J connectivity index is 1.39. The molecule has 5 nitrogen and oxygen atoms in total. The molecule has 5 rings (SSSR count). The summed E-state index contributed by atoms with van der Waals surface area (Å²) in [6.45, 7) is 8.47. The lowest BCUT2D eigenvalue weighted by Crippen LogP contribution is -2.60. The number of ether oxygens (including phenoxy) is 1. The third-order valence-electron chi connectivity index (χ3n) is 7.76. The van der Waals surface area contributed by atoms with Crippen LogP contribution in [0, 0.1) is 5.41 Å².